The highest BCUT2D eigenvalue weighted by Crippen LogP contribution is 2.29. The molecule has 0 aromatic heterocycles. The number of carbonyl (C=O) groups excluding carboxylic acids is 2. The number of likely N-dealkylation sites (tertiary alicyclic amines) is 1. The van der Waals surface area contributed by atoms with Gasteiger partial charge in [0.2, 0.25) is 0 Å². The van der Waals surface area contributed by atoms with Gasteiger partial charge in [-0.15, -0.1) is 0 Å². The van der Waals surface area contributed by atoms with Gasteiger partial charge in [0.05, 0.1) is 0 Å². The maximum Gasteiger partial charge on any atom is 0.410 e. The van der Waals surface area contributed by atoms with E-state index in [1.165, 1.54) is 11.1 Å². The van der Waals surface area contributed by atoms with Crippen LogP contribution in [0.25, 0.3) is 5.57 Å². The zero-order valence-electron chi connectivity index (χ0n) is 24.9. The van der Waals surface area contributed by atoms with Crippen molar-refractivity contribution < 1.29 is 19.1 Å². The Hall–Kier alpha value is -3.68. The smallest absolute Gasteiger partial charge is 0.410 e. The third-order valence-electron chi connectivity index (χ3n) is 6.65. The zero-order valence-corrected chi connectivity index (χ0v) is 24.9. The molecule has 0 aliphatic carbocycles. The van der Waals surface area contributed by atoms with Crippen molar-refractivity contribution in [1.82, 2.24) is 9.80 Å². The summed E-state index contributed by atoms with van der Waals surface area (Å²) in [7, 11) is 0. The van der Waals surface area contributed by atoms with Gasteiger partial charge in [-0.25, -0.2) is 9.59 Å². The Kier molecular flexibility index (Phi) is 10.1. The van der Waals surface area contributed by atoms with Gasteiger partial charge in [0.15, 0.2) is 0 Å². The minimum atomic E-state index is -0.449. The molecule has 218 valence electrons. The Labute approximate surface area is 239 Å². The number of nitrogen functional groups attached to an aromatic ring is 2. The fraction of sp³-hybridized carbons (Fsp3) is 0.500. The summed E-state index contributed by atoms with van der Waals surface area (Å²) in [6.07, 6.45) is 4.36. The number of hydrogen-bond acceptors (Lipinski definition) is 6. The van der Waals surface area contributed by atoms with Gasteiger partial charge in [0.1, 0.15) is 11.2 Å². The van der Waals surface area contributed by atoms with Crippen molar-refractivity contribution in [2.24, 2.45) is 0 Å². The van der Waals surface area contributed by atoms with Crippen LogP contribution in [0.4, 0.5) is 21.0 Å². The van der Waals surface area contributed by atoms with Crippen LogP contribution in [0.5, 0.6) is 0 Å². The summed E-state index contributed by atoms with van der Waals surface area (Å²) in [6.45, 7) is 14.1. The molecule has 2 aliphatic rings. The molecule has 4 rings (SSSR count). The van der Waals surface area contributed by atoms with Crippen LogP contribution in [0.15, 0.2) is 54.6 Å². The van der Waals surface area contributed by atoms with Gasteiger partial charge in [0.25, 0.3) is 0 Å². The molecule has 0 saturated carbocycles. The third-order valence-corrected chi connectivity index (χ3v) is 6.65. The largest absolute Gasteiger partial charge is 0.444 e. The fourth-order valence-electron chi connectivity index (χ4n) is 4.70. The lowest BCUT2D eigenvalue weighted by molar-refractivity contribution is 0.0203. The standard InChI is InChI=1S/C16H24N2O2.C16H22N2O2/c2*1-16(2,3)20-15(19)18-9-7-12(8-10-18)13-5-4-6-14(17)11-13/h4-6,11-12H,7-10,17H2,1-3H3;4-7,11H,8-10,17H2,1-3H3. The quantitative estimate of drug-likeness (QED) is 0.404. The van der Waals surface area contributed by atoms with Crippen LogP contribution in [0.2, 0.25) is 0 Å². The molecule has 8 nitrogen and oxygen atoms in total. The molecule has 0 bridgehead atoms. The molecule has 1 fully saturated rings. The molecule has 1 saturated heterocycles. The summed E-state index contributed by atoms with van der Waals surface area (Å²) in [5.41, 5.74) is 15.9. The fourth-order valence-corrected chi connectivity index (χ4v) is 4.70. The lowest BCUT2D eigenvalue weighted by Crippen LogP contribution is -2.41. The molecule has 8 heteroatoms. The first-order chi connectivity index (χ1) is 18.7. The van der Waals surface area contributed by atoms with Crippen LogP contribution >= 0.6 is 0 Å². The van der Waals surface area contributed by atoms with E-state index in [1.807, 2.05) is 84.0 Å². The normalized spacial score (nSPS) is 16.4. The van der Waals surface area contributed by atoms with Gasteiger partial charge in [0, 0.05) is 37.6 Å². The van der Waals surface area contributed by atoms with E-state index in [2.05, 4.69) is 12.1 Å². The molecule has 4 N–H and O–H groups in total. The van der Waals surface area contributed by atoms with Gasteiger partial charge in [-0.05, 0) is 108 Å². The van der Waals surface area contributed by atoms with Gasteiger partial charge in [-0.2, -0.15) is 0 Å². The number of piperidine rings is 1. The third kappa shape index (κ3) is 9.81. The second-order valence-corrected chi connectivity index (χ2v) is 12.4. The lowest BCUT2D eigenvalue weighted by atomic mass is 9.89. The van der Waals surface area contributed by atoms with E-state index < -0.39 is 11.2 Å². The molecular formula is C32H46N4O4. The first-order valence-electron chi connectivity index (χ1n) is 14.1. The Bertz CT molecular complexity index is 1190. The molecule has 40 heavy (non-hydrogen) atoms. The van der Waals surface area contributed by atoms with Crippen molar-refractivity contribution >= 4 is 29.1 Å². The number of ether oxygens (including phenoxy) is 2. The summed E-state index contributed by atoms with van der Waals surface area (Å²) >= 11 is 0. The second kappa shape index (κ2) is 13.1. The SMILES string of the molecule is CC(C)(C)OC(=O)N1CC=C(c2cccc(N)c2)CC1.CC(C)(C)OC(=O)N1CCC(c2cccc(N)c2)CC1. The highest BCUT2D eigenvalue weighted by molar-refractivity contribution is 5.73. The summed E-state index contributed by atoms with van der Waals surface area (Å²) in [5, 5.41) is 0. The van der Waals surface area contributed by atoms with E-state index in [4.69, 9.17) is 20.9 Å². The van der Waals surface area contributed by atoms with Gasteiger partial charge >= 0.3 is 12.2 Å². The number of benzene rings is 2. The van der Waals surface area contributed by atoms with Gasteiger partial charge in [-0.3, -0.25) is 0 Å². The van der Waals surface area contributed by atoms with Gasteiger partial charge < -0.3 is 30.7 Å². The molecule has 2 aliphatic heterocycles. The number of anilines is 2. The molecule has 0 atom stereocenters. The van der Waals surface area contributed by atoms with E-state index in [0.29, 0.717) is 19.0 Å². The number of hydrogen-bond donors (Lipinski definition) is 2. The predicted octanol–water partition coefficient (Wildman–Crippen LogP) is 6.68. The molecule has 0 spiro atoms. The molecule has 2 amide bonds. The van der Waals surface area contributed by atoms with Crippen LogP contribution in [0.3, 0.4) is 0 Å². The van der Waals surface area contributed by atoms with Crippen molar-refractivity contribution in [2.75, 3.05) is 37.6 Å². The second-order valence-electron chi connectivity index (χ2n) is 12.4. The zero-order chi connectivity index (χ0) is 29.5. The van der Waals surface area contributed by atoms with Crippen LogP contribution in [0, 0.1) is 0 Å². The molecule has 2 heterocycles. The van der Waals surface area contributed by atoms with E-state index >= 15 is 0 Å². The van der Waals surface area contributed by atoms with Crippen LogP contribution < -0.4 is 11.5 Å². The summed E-state index contributed by atoms with van der Waals surface area (Å²) in [6, 6.07) is 15.9. The molecule has 2 aromatic rings. The Balaban J connectivity index is 0.000000220. The topological polar surface area (TPSA) is 111 Å². The van der Waals surface area contributed by atoms with Crippen LogP contribution in [0.1, 0.15) is 77.8 Å². The number of nitrogens with zero attached hydrogens (tertiary/aromatic N) is 2. The Morgan fingerprint density at radius 1 is 0.775 bits per heavy atom. The van der Waals surface area contributed by atoms with Gasteiger partial charge in [-0.1, -0.05) is 30.3 Å². The van der Waals surface area contributed by atoms with E-state index in [9.17, 15) is 9.59 Å². The average Bonchev–Trinajstić information content (AvgIpc) is 2.87. The first kappa shape index (κ1) is 30.9. The predicted molar refractivity (Wildman–Crippen MR) is 162 cm³/mol. The summed E-state index contributed by atoms with van der Waals surface area (Å²) < 4.78 is 10.8. The average molecular weight is 551 g/mol. The Morgan fingerprint density at radius 3 is 1.82 bits per heavy atom. The molecule has 0 unspecified atom stereocenters. The van der Waals surface area contributed by atoms with Crippen molar-refractivity contribution in [2.45, 2.75) is 77.9 Å². The number of carbonyl (C=O) groups is 2. The van der Waals surface area contributed by atoms with E-state index in [0.717, 1.165) is 49.3 Å². The maximum absolute atomic E-state index is 12.0. The first-order valence-corrected chi connectivity index (χ1v) is 14.1. The van der Waals surface area contributed by atoms with Crippen LogP contribution in [-0.2, 0) is 9.47 Å². The van der Waals surface area contributed by atoms with E-state index in [1.54, 1.807) is 9.80 Å². The summed E-state index contributed by atoms with van der Waals surface area (Å²) in [5.74, 6) is 0.484. The highest BCUT2D eigenvalue weighted by atomic mass is 16.6. The minimum Gasteiger partial charge on any atom is -0.444 e. The van der Waals surface area contributed by atoms with Crippen molar-refractivity contribution in [3.8, 4) is 0 Å². The van der Waals surface area contributed by atoms with Crippen molar-refractivity contribution in [3.05, 3.63) is 65.7 Å². The minimum absolute atomic E-state index is 0.205. The van der Waals surface area contributed by atoms with Crippen LogP contribution in [-0.4, -0.2) is 59.4 Å². The highest BCUT2D eigenvalue weighted by Gasteiger charge is 2.27. The molecule has 2 aromatic carbocycles. The maximum atomic E-state index is 12.0. The number of rotatable bonds is 2. The Morgan fingerprint density at radius 2 is 1.32 bits per heavy atom. The number of nitrogens with two attached hydrogens (primary N) is 2. The van der Waals surface area contributed by atoms with Crippen molar-refractivity contribution in [3.63, 3.8) is 0 Å². The molecule has 0 radical (unpaired) electrons. The van der Waals surface area contributed by atoms with Crippen molar-refractivity contribution in [1.29, 1.82) is 0 Å². The lowest BCUT2D eigenvalue weighted by Gasteiger charge is -2.33. The summed E-state index contributed by atoms with van der Waals surface area (Å²) in [4.78, 5) is 27.5. The molecular weight excluding hydrogens is 504 g/mol. The van der Waals surface area contributed by atoms with E-state index in [-0.39, 0.29) is 12.2 Å². The monoisotopic (exact) mass is 550 g/mol. The number of amides is 2.